The molecule has 4 heterocycles. The maximum atomic E-state index is 16.7. The number of ether oxygens (including phenoxy) is 1. The van der Waals surface area contributed by atoms with Crippen LogP contribution in [0.5, 0.6) is 11.8 Å². The van der Waals surface area contributed by atoms with E-state index >= 15 is 4.39 Å². The maximum absolute atomic E-state index is 16.7. The first-order valence-corrected chi connectivity index (χ1v) is 14.7. The van der Waals surface area contributed by atoms with E-state index in [9.17, 15) is 13.9 Å². The Morgan fingerprint density at radius 2 is 1.86 bits per heavy atom. The highest BCUT2D eigenvalue weighted by molar-refractivity contribution is 6.04. The zero-order valence-electron chi connectivity index (χ0n) is 23.6. The summed E-state index contributed by atoms with van der Waals surface area (Å²) >= 11 is 0. The minimum atomic E-state index is -0.906. The molecule has 3 aromatic carbocycles. The average Bonchev–Trinajstić information content (AvgIpc) is 3.37. The van der Waals surface area contributed by atoms with Crippen molar-refractivity contribution in [3.8, 4) is 35.2 Å². The van der Waals surface area contributed by atoms with Crippen LogP contribution in [0.1, 0.15) is 37.7 Å². The molecule has 1 unspecified atom stereocenters. The fraction of sp³-hybridized carbons (Fsp3) is 0.353. The van der Waals surface area contributed by atoms with Crippen LogP contribution in [0.4, 0.5) is 19.0 Å². The monoisotopic (exact) mass is 584 g/mol. The number of terminal acetylenes is 1. The lowest BCUT2D eigenvalue weighted by Crippen LogP contribution is -2.43. The Morgan fingerprint density at radius 1 is 1.05 bits per heavy atom. The van der Waals surface area contributed by atoms with E-state index in [2.05, 4.69) is 32.9 Å². The first-order chi connectivity index (χ1) is 20.9. The predicted octanol–water partition coefficient (Wildman–Crippen LogP) is 6.53. The Kier molecular flexibility index (Phi) is 6.89. The van der Waals surface area contributed by atoms with Gasteiger partial charge in [-0.25, -0.2) is 13.2 Å². The SMILES string of the molecule is C#Cc1c(F)ccc2cc(O)cc(-c3ccc4c(N5CCC=CCC5)nc(OCC56CCCN5C[C@H](F)C6)nc4c3F)c12. The summed E-state index contributed by atoms with van der Waals surface area (Å²) in [6.45, 7) is 2.81. The van der Waals surface area contributed by atoms with Gasteiger partial charge >= 0.3 is 6.01 Å². The van der Waals surface area contributed by atoms with Gasteiger partial charge in [0.2, 0.25) is 0 Å². The van der Waals surface area contributed by atoms with E-state index in [-0.39, 0.29) is 40.6 Å². The standard InChI is InChI=1S/C34H31F3N4O2/c1-2-24-28(36)11-8-21-16-23(42)17-27(29(21)24)25-9-10-26-31(30(25)37)38-33(39-32(26)40-13-5-3-4-6-14-40)43-20-34-12-7-15-41(34)19-22(35)18-34/h1,3-4,8-11,16-17,22,42H,5-7,12-15,18-20H2/t22-,34?/m1/s1. The molecule has 0 spiro atoms. The largest absolute Gasteiger partial charge is 0.508 e. The van der Waals surface area contributed by atoms with Gasteiger partial charge in [-0.1, -0.05) is 30.2 Å². The number of halogens is 3. The molecule has 9 heteroatoms. The lowest BCUT2D eigenvalue weighted by molar-refractivity contribution is 0.107. The van der Waals surface area contributed by atoms with E-state index in [1.165, 1.54) is 24.3 Å². The van der Waals surface area contributed by atoms with Crippen molar-refractivity contribution >= 4 is 27.5 Å². The number of benzene rings is 3. The third-order valence-corrected chi connectivity index (χ3v) is 9.08. The number of nitrogens with zero attached hydrogens (tertiary/aromatic N) is 4. The van der Waals surface area contributed by atoms with Crippen LogP contribution in [0.25, 0.3) is 32.8 Å². The number of phenols is 1. The Bertz CT molecular complexity index is 1810. The minimum Gasteiger partial charge on any atom is -0.508 e. The van der Waals surface area contributed by atoms with Crippen LogP contribution >= 0.6 is 0 Å². The van der Waals surface area contributed by atoms with Crippen molar-refractivity contribution in [1.29, 1.82) is 0 Å². The van der Waals surface area contributed by atoms with Crippen molar-refractivity contribution in [3.05, 3.63) is 65.7 Å². The first kappa shape index (κ1) is 27.5. The second-order valence-corrected chi connectivity index (χ2v) is 11.7. The van der Waals surface area contributed by atoms with Crippen LogP contribution in [0.15, 0.2) is 48.6 Å². The third-order valence-electron chi connectivity index (χ3n) is 9.08. The highest BCUT2D eigenvalue weighted by Crippen LogP contribution is 2.42. The van der Waals surface area contributed by atoms with E-state index in [4.69, 9.17) is 16.1 Å². The van der Waals surface area contributed by atoms with Gasteiger partial charge in [-0.15, -0.1) is 6.42 Å². The second-order valence-electron chi connectivity index (χ2n) is 11.7. The van der Waals surface area contributed by atoms with E-state index in [1.54, 1.807) is 12.1 Å². The van der Waals surface area contributed by atoms with Crippen LogP contribution in [0.2, 0.25) is 0 Å². The summed E-state index contributed by atoms with van der Waals surface area (Å²) in [5.74, 6) is 1.56. The van der Waals surface area contributed by atoms with Crippen LogP contribution in [-0.4, -0.2) is 64.5 Å². The molecule has 3 aliphatic heterocycles. The smallest absolute Gasteiger partial charge is 0.319 e. The lowest BCUT2D eigenvalue weighted by Gasteiger charge is -2.31. The Morgan fingerprint density at radius 3 is 2.65 bits per heavy atom. The predicted molar refractivity (Wildman–Crippen MR) is 161 cm³/mol. The highest BCUT2D eigenvalue weighted by atomic mass is 19.1. The van der Waals surface area contributed by atoms with Crippen LogP contribution in [-0.2, 0) is 0 Å². The first-order valence-electron chi connectivity index (χ1n) is 14.7. The number of aromatic nitrogens is 2. The molecule has 6 nitrogen and oxygen atoms in total. The summed E-state index contributed by atoms with van der Waals surface area (Å²) in [4.78, 5) is 13.6. The molecule has 0 radical (unpaired) electrons. The number of alkyl halides is 1. The summed E-state index contributed by atoms with van der Waals surface area (Å²) in [7, 11) is 0. The Balaban J connectivity index is 1.38. The molecule has 0 saturated carbocycles. The number of rotatable bonds is 5. The van der Waals surface area contributed by atoms with Gasteiger partial charge in [0.1, 0.15) is 35.7 Å². The highest BCUT2D eigenvalue weighted by Gasteiger charge is 2.49. The van der Waals surface area contributed by atoms with E-state index in [0.29, 0.717) is 48.0 Å². The summed E-state index contributed by atoms with van der Waals surface area (Å²) in [6, 6.07) is 8.95. The van der Waals surface area contributed by atoms with Gasteiger partial charge in [0.05, 0.1) is 11.1 Å². The fourth-order valence-corrected chi connectivity index (χ4v) is 7.09. The number of aromatic hydroxyl groups is 1. The van der Waals surface area contributed by atoms with Gasteiger partial charge in [-0.2, -0.15) is 9.97 Å². The van der Waals surface area contributed by atoms with Crippen molar-refractivity contribution in [1.82, 2.24) is 14.9 Å². The Hall–Kier alpha value is -4.29. The molecule has 4 aromatic rings. The minimum absolute atomic E-state index is 0.0143. The topological polar surface area (TPSA) is 61.7 Å². The quantitative estimate of drug-likeness (QED) is 0.213. The van der Waals surface area contributed by atoms with E-state index in [1.807, 2.05) is 0 Å². The molecule has 1 aromatic heterocycles. The number of anilines is 1. The molecule has 2 saturated heterocycles. The van der Waals surface area contributed by atoms with Crippen molar-refractivity contribution in [2.24, 2.45) is 0 Å². The lowest BCUT2D eigenvalue weighted by atomic mass is 9.93. The molecule has 2 atom stereocenters. The third kappa shape index (κ3) is 4.74. The fourth-order valence-electron chi connectivity index (χ4n) is 7.09. The van der Waals surface area contributed by atoms with Crippen molar-refractivity contribution < 1.29 is 23.0 Å². The van der Waals surface area contributed by atoms with E-state index in [0.717, 1.165) is 32.2 Å². The molecule has 0 bridgehead atoms. The van der Waals surface area contributed by atoms with Crippen molar-refractivity contribution in [2.75, 3.05) is 37.7 Å². The molecule has 3 aliphatic rings. The maximum Gasteiger partial charge on any atom is 0.319 e. The molecule has 1 N–H and O–H groups in total. The van der Waals surface area contributed by atoms with Gasteiger partial charge < -0.3 is 14.7 Å². The second kappa shape index (κ2) is 10.8. The van der Waals surface area contributed by atoms with Gasteiger partial charge in [0.25, 0.3) is 0 Å². The number of hydrogen-bond acceptors (Lipinski definition) is 6. The molecule has 220 valence electrons. The molecular formula is C34H31F3N4O2. The van der Waals surface area contributed by atoms with Gasteiger partial charge in [0.15, 0.2) is 5.82 Å². The zero-order valence-corrected chi connectivity index (χ0v) is 23.6. The number of fused-ring (bicyclic) bond motifs is 3. The molecular weight excluding hydrogens is 553 g/mol. The van der Waals surface area contributed by atoms with Crippen LogP contribution < -0.4 is 9.64 Å². The summed E-state index contributed by atoms with van der Waals surface area (Å²) < 4.78 is 52.1. The Labute approximate surface area is 247 Å². The summed E-state index contributed by atoms with van der Waals surface area (Å²) in [5, 5.41) is 11.8. The molecule has 0 amide bonds. The average molecular weight is 585 g/mol. The molecule has 2 fully saturated rings. The normalized spacial score (nSPS) is 22.2. The zero-order chi connectivity index (χ0) is 29.7. The van der Waals surface area contributed by atoms with Crippen LogP contribution in [0.3, 0.4) is 0 Å². The van der Waals surface area contributed by atoms with Crippen molar-refractivity contribution in [2.45, 2.75) is 43.8 Å². The van der Waals surface area contributed by atoms with Gasteiger partial charge in [0, 0.05) is 42.4 Å². The summed E-state index contributed by atoms with van der Waals surface area (Å²) in [6.07, 6.45) is 12.8. The van der Waals surface area contributed by atoms with E-state index < -0.39 is 23.3 Å². The molecule has 7 rings (SSSR count). The van der Waals surface area contributed by atoms with Gasteiger partial charge in [-0.3, -0.25) is 4.90 Å². The van der Waals surface area contributed by atoms with Crippen LogP contribution in [0, 0.1) is 24.0 Å². The van der Waals surface area contributed by atoms with Gasteiger partial charge in [-0.05, 0) is 67.4 Å². The number of hydrogen-bond donors (Lipinski definition) is 1. The molecule has 43 heavy (non-hydrogen) atoms. The molecule has 0 aliphatic carbocycles. The summed E-state index contributed by atoms with van der Waals surface area (Å²) in [5.41, 5.74) is -0.0230. The number of phenolic OH excluding ortho intramolecular Hbond substituents is 1. The van der Waals surface area contributed by atoms with Crippen molar-refractivity contribution in [3.63, 3.8) is 0 Å².